The molecule has 2 aromatic carbocycles. The molecule has 154 valence electrons. The lowest BCUT2D eigenvalue weighted by molar-refractivity contribution is -0.192. The highest BCUT2D eigenvalue weighted by Gasteiger charge is 2.52. The highest BCUT2D eigenvalue weighted by molar-refractivity contribution is 5.71. The van der Waals surface area contributed by atoms with E-state index < -0.39 is 23.6 Å². The maximum absolute atomic E-state index is 12.0. The fraction of sp³-hybridized carbons (Fsp3) is 0.435. The van der Waals surface area contributed by atoms with E-state index in [2.05, 4.69) is 0 Å². The number of hydrogen-bond donors (Lipinski definition) is 1. The number of carboxylic acid groups (broad SMARTS) is 1. The van der Waals surface area contributed by atoms with Crippen molar-refractivity contribution in [2.24, 2.45) is 11.8 Å². The van der Waals surface area contributed by atoms with Gasteiger partial charge in [0.25, 0.3) is 0 Å². The van der Waals surface area contributed by atoms with E-state index in [0.29, 0.717) is 17.9 Å². The number of ether oxygens (including phenoxy) is 4. The van der Waals surface area contributed by atoms with Crippen molar-refractivity contribution in [2.75, 3.05) is 13.7 Å². The number of benzene rings is 2. The summed E-state index contributed by atoms with van der Waals surface area (Å²) < 4.78 is 23.8. The summed E-state index contributed by atoms with van der Waals surface area (Å²) in [6, 6.07) is 15.0. The molecule has 0 bridgehead atoms. The molecule has 0 amide bonds. The molecule has 0 spiro atoms. The van der Waals surface area contributed by atoms with Gasteiger partial charge in [-0.15, -0.1) is 0 Å². The van der Waals surface area contributed by atoms with Gasteiger partial charge in [0, 0.05) is 11.5 Å². The number of para-hydroxylation sites is 1. The summed E-state index contributed by atoms with van der Waals surface area (Å²) in [5, 5.41) is 9.85. The summed E-state index contributed by atoms with van der Waals surface area (Å²) in [6.07, 6.45) is -0.405. The van der Waals surface area contributed by atoms with Gasteiger partial charge in [0.05, 0.1) is 19.1 Å². The van der Waals surface area contributed by atoms with Gasteiger partial charge in [0.15, 0.2) is 0 Å². The number of methoxy groups -OCH3 is 1. The van der Waals surface area contributed by atoms with Gasteiger partial charge in [-0.2, -0.15) is 0 Å². The first-order valence-electron chi connectivity index (χ1n) is 9.82. The summed E-state index contributed by atoms with van der Waals surface area (Å²) in [7, 11) is 1.62. The van der Waals surface area contributed by atoms with Crippen molar-refractivity contribution in [3.63, 3.8) is 0 Å². The van der Waals surface area contributed by atoms with Crippen molar-refractivity contribution in [3.05, 3.63) is 54.1 Å². The molecule has 4 rings (SSSR count). The molecule has 0 saturated carbocycles. The van der Waals surface area contributed by atoms with Crippen LogP contribution in [0.25, 0.3) is 0 Å². The maximum Gasteiger partial charge on any atom is 0.309 e. The van der Waals surface area contributed by atoms with Gasteiger partial charge in [-0.3, -0.25) is 4.79 Å². The van der Waals surface area contributed by atoms with E-state index in [-0.39, 0.29) is 18.6 Å². The Hall–Kier alpha value is -2.73. The summed E-state index contributed by atoms with van der Waals surface area (Å²) in [5.41, 5.74) is 0.341. The minimum Gasteiger partial charge on any atom is -0.497 e. The molecule has 1 N–H and O–H groups in total. The van der Waals surface area contributed by atoms with Crippen LogP contribution in [0.2, 0.25) is 0 Å². The summed E-state index contributed by atoms with van der Waals surface area (Å²) in [6.45, 7) is 4.15. The Balaban J connectivity index is 1.64. The number of carbonyl (C=O) groups is 1. The molecule has 0 aliphatic carbocycles. The zero-order chi connectivity index (χ0) is 20.6. The molecule has 6 heteroatoms. The lowest BCUT2D eigenvalue weighted by Crippen LogP contribution is -2.53. The lowest BCUT2D eigenvalue weighted by atomic mass is 9.72. The van der Waals surface area contributed by atoms with E-state index in [0.717, 1.165) is 11.3 Å². The van der Waals surface area contributed by atoms with Gasteiger partial charge >= 0.3 is 5.97 Å². The van der Waals surface area contributed by atoms with Crippen LogP contribution >= 0.6 is 0 Å². The second kappa shape index (κ2) is 7.59. The fourth-order valence-electron chi connectivity index (χ4n) is 4.30. The Bertz CT molecular complexity index is 878. The third kappa shape index (κ3) is 3.77. The topological polar surface area (TPSA) is 74.2 Å². The van der Waals surface area contributed by atoms with Gasteiger partial charge in [0.2, 0.25) is 0 Å². The van der Waals surface area contributed by atoms with Crippen LogP contribution in [0.3, 0.4) is 0 Å². The Morgan fingerprint density at radius 2 is 1.93 bits per heavy atom. The van der Waals surface area contributed by atoms with E-state index in [1.54, 1.807) is 7.11 Å². The van der Waals surface area contributed by atoms with Crippen molar-refractivity contribution in [2.45, 2.75) is 38.1 Å². The van der Waals surface area contributed by atoms with Gasteiger partial charge in [-0.05, 0) is 50.6 Å². The van der Waals surface area contributed by atoms with E-state index in [9.17, 15) is 9.90 Å². The average Bonchev–Trinajstić information content (AvgIpc) is 2.72. The Kier molecular flexibility index (Phi) is 5.13. The number of rotatable bonds is 5. The summed E-state index contributed by atoms with van der Waals surface area (Å²) >= 11 is 0. The second-order valence-electron chi connectivity index (χ2n) is 8.12. The molecule has 0 radical (unpaired) electrons. The van der Waals surface area contributed by atoms with Crippen LogP contribution in [-0.4, -0.2) is 36.5 Å². The van der Waals surface area contributed by atoms with E-state index in [4.69, 9.17) is 18.9 Å². The molecular weight excluding hydrogens is 372 g/mol. The maximum atomic E-state index is 12.0. The monoisotopic (exact) mass is 398 g/mol. The molecule has 2 aliphatic heterocycles. The summed E-state index contributed by atoms with van der Waals surface area (Å²) in [4.78, 5) is 12.0. The van der Waals surface area contributed by atoms with Gasteiger partial charge in [-0.25, -0.2) is 0 Å². The highest BCUT2D eigenvalue weighted by Crippen LogP contribution is 2.52. The standard InChI is InChI=1S/C23H26O6/c1-23(2)18-12-17(22(24)25)20(13-27-14-7-5-4-6-8-14)28-21(18)16-11-15(26-3)9-10-19(16)29-23/h4-11,17-18,20-21H,12-13H2,1-3H3,(H,24,25)/t17-,18-,20-,21+/m0/s1. The average molecular weight is 398 g/mol. The first kappa shape index (κ1) is 19.6. The molecular formula is C23H26O6. The van der Waals surface area contributed by atoms with E-state index in [1.165, 1.54) is 0 Å². The van der Waals surface area contributed by atoms with Gasteiger partial charge < -0.3 is 24.1 Å². The quantitative estimate of drug-likeness (QED) is 0.818. The van der Waals surface area contributed by atoms with Crippen LogP contribution in [0.1, 0.15) is 31.9 Å². The predicted octanol–water partition coefficient (Wildman–Crippen LogP) is 4.09. The van der Waals surface area contributed by atoms with Gasteiger partial charge in [-0.1, -0.05) is 18.2 Å². The molecule has 0 unspecified atom stereocenters. The van der Waals surface area contributed by atoms with Crippen LogP contribution in [0.4, 0.5) is 0 Å². The van der Waals surface area contributed by atoms with Gasteiger partial charge in [0.1, 0.15) is 35.6 Å². The smallest absolute Gasteiger partial charge is 0.309 e. The second-order valence-corrected chi connectivity index (χ2v) is 8.12. The van der Waals surface area contributed by atoms with Crippen molar-refractivity contribution >= 4 is 5.97 Å². The fourth-order valence-corrected chi connectivity index (χ4v) is 4.30. The highest BCUT2D eigenvalue weighted by atomic mass is 16.6. The molecule has 2 heterocycles. The SMILES string of the molecule is COc1ccc2c(c1)[C@H]1O[C@@H](COc3ccccc3)[C@@H](C(=O)O)C[C@@H]1C(C)(C)O2. The normalized spacial score (nSPS) is 27.1. The third-order valence-electron chi connectivity index (χ3n) is 5.91. The zero-order valence-electron chi connectivity index (χ0n) is 16.8. The zero-order valence-corrected chi connectivity index (χ0v) is 16.8. The van der Waals surface area contributed by atoms with Crippen molar-refractivity contribution in [1.82, 2.24) is 0 Å². The molecule has 1 fully saturated rings. The lowest BCUT2D eigenvalue weighted by Gasteiger charge is -2.50. The number of carboxylic acids is 1. The molecule has 6 nitrogen and oxygen atoms in total. The van der Waals surface area contributed by atoms with Crippen LogP contribution < -0.4 is 14.2 Å². The molecule has 0 aromatic heterocycles. The van der Waals surface area contributed by atoms with Crippen LogP contribution in [0, 0.1) is 11.8 Å². The molecule has 2 aromatic rings. The number of aliphatic carboxylic acids is 1. The Labute approximate surface area is 170 Å². The first-order valence-corrected chi connectivity index (χ1v) is 9.82. The summed E-state index contributed by atoms with van der Waals surface area (Å²) in [5.74, 6) is 0.501. The van der Waals surface area contributed by atoms with Crippen molar-refractivity contribution < 1.29 is 28.8 Å². The third-order valence-corrected chi connectivity index (χ3v) is 5.91. The Morgan fingerprint density at radius 3 is 2.62 bits per heavy atom. The minimum absolute atomic E-state index is 0.101. The predicted molar refractivity (Wildman–Crippen MR) is 106 cm³/mol. The van der Waals surface area contributed by atoms with Crippen LogP contribution in [-0.2, 0) is 9.53 Å². The molecule has 4 atom stereocenters. The van der Waals surface area contributed by atoms with E-state index in [1.807, 2.05) is 62.4 Å². The van der Waals surface area contributed by atoms with Crippen molar-refractivity contribution in [3.8, 4) is 17.2 Å². The van der Waals surface area contributed by atoms with Crippen LogP contribution in [0.15, 0.2) is 48.5 Å². The largest absolute Gasteiger partial charge is 0.497 e. The minimum atomic E-state index is -0.877. The molecule has 1 saturated heterocycles. The first-order chi connectivity index (χ1) is 13.9. The van der Waals surface area contributed by atoms with Crippen molar-refractivity contribution in [1.29, 1.82) is 0 Å². The molecule has 2 aliphatic rings. The Morgan fingerprint density at radius 1 is 1.17 bits per heavy atom. The van der Waals surface area contributed by atoms with E-state index >= 15 is 0 Å². The molecule has 29 heavy (non-hydrogen) atoms. The number of hydrogen-bond acceptors (Lipinski definition) is 5. The van der Waals surface area contributed by atoms with Crippen LogP contribution in [0.5, 0.6) is 17.2 Å². The number of fused-ring (bicyclic) bond motifs is 3.